The predicted octanol–water partition coefficient (Wildman–Crippen LogP) is 0.657. The van der Waals surface area contributed by atoms with E-state index in [-0.39, 0.29) is 18.1 Å². The summed E-state index contributed by atoms with van der Waals surface area (Å²) in [5.74, 6) is 0.853. The van der Waals surface area contributed by atoms with Crippen molar-refractivity contribution < 1.29 is 4.79 Å². The van der Waals surface area contributed by atoms with Crippen LogP contribution in [0.2, 0.25) is 0 Å². The van der Waals surface area contributed by atoms with Gasteiger partial charge in [-0.3, -0.25) is 4.79 Å². The van der Waals surface area contributed by atoms with Crippen molar-refractivity contribution in [1.29, 1.82) is 0 Å². The molecule has 6 nitrogen and oxygen atoms in total. The smallest absolute Gasteiger partial charge is 0.351 e. The fourth-order valence-corrected chi connectivity index (χ4v) is 2.17. The Morgan fingerprint density at radius 1 is 1.35 bits per heavy atom. The van der Waals surface area contributed by atoms with Crippen molar-refractivity contribution in [3.05, 3.63) is 46.6 Å². The van der Waals surface area contributed by atoms with E-state index in [2.05, 4.69) is 10.4 Å². The minimum absolute atomic E-state index is 0.0467. The van der Waals surface area contributed by atoms with E-state index >= 15 is 0 Å². The molecule has 0 spiro atoms. The van der Waals surface area contributed by atoms with Crippen LogP contribution in [-0.2, 0) is 11.3 Å². The van der Waals surface area contributed by atoms with Gasteiger partial charge in [0, 0.05) is 13.0 Å². The summed E-state index contributed by atoms with van der Waals surface area (Å²) in [6.45, 7) is -0.0467. The molecule has 0 bridgehead atoms. The predicted molar refractivity (Wildman–Crippen MR) is 73.9 cm³/mol. The Hall–Kier alpha value is -2.37. The van der Waals surface area contributed by atoms with Crippen LogP contribution in [0.3, 0.4) is 0 Å². The minimum atomic E-state index is -0.262. The minimum Gasteiger partial charge on any atom is -0.358 e. The van der Waals surface area contributed by atoms with Gasteiger partial charge < -0.3 is 5.32 Å². The van der Waals surface area contributed by atoms with Crippen molar-refractivity contribution >= 4 is 5.91 Å². The Bertz CT molecular complexity index is 683. The van der Waals surface area contributed by atoms with Crippen molar-refractivity contribution in [2.24, 2.45) is 0 Å². The molecule has 2 aromatic rings. The summed E-state index contributed by atoms with van der Waals surface area (Å²) in [6, 6.07) is 9.42. The van der Waals surface area contributed by atoms with Gasteiger partial charge in [0.05, 0.1) is 5.69 Å². The van der Waals surface area contributed by atoms with Gasteiger partial charge in [0.15, 0.2) is 0 Å². The first kappa shape index (κ1) is 12.7. The Balaban J connectivity index is 2.08. The van der Waals surface area contributed by atoms with Crippen LogP contribution in [0.1, 0.15) is 24.6 Å². The first-order valence-corrected chi connectivity index (χ1v) is 6.66. The topological polar surface area (TPSA) is 68.9 Å². The second-order valence-corrected chi connectivity index (χ2v) is 4.92. The average Bonchev–Trinajstić information content (AvgIpc) is 3.26. The number of benzene rings is 1. The molecule has 1 saturated carbocycles. The van der Waals surface area contributed by atoms with E-state index in [1.807, 2.05) is 30.3 Å². The first-order valence-electron chi connectivity index (χ1n) is 6.66. The van der Waals surface area contributed by atoms with Gasteiger partial charge in [-0.05, 0) is 25.0 Å². The number of nitrogens with one attached hydrogen (secondary N) is 1. The largest absolute Gasteiger partial charge is 0.358 e. The number of hydrogen-bond acceptors (Lipinski definition) is 3. The Morgan fingerprint density at radius 3 is 2.65 bits per heavy atom. The molecule has 1 aliphatic carbocycles. The zero-order chi connectivity index (χ0) is 14.1. The fourth-order valence-electron chi connectivity index (χ4n) is 2.17. The Morgan fingerprint density at radius 2 is 2.05 bits per heavy atom. The summed E-state index contributed by atoms with van der Waals surface area (Å²) in [6.07, 6.45) is 2.09. The highest BCUT2D eigenvalue weighted by atomic mass is 16.2. The first-order chi connectivity index (χ1) is 9.70. The molecule has 20 heavy (non-hydrogen) atoms. The lowest BCUT2D eigenvalue weighted by Crippen LogP contribution is -2.31. The van der Waals surface area contributed by atoms with E-state index in [9.17, 15) is 9.59 Å². The summed E-state index contributed by atoms with van der Waals surface area (Å²) in [7, 11) is 1.55. The number of carbonyl (C=O) groups is 1. The molecule has 6 heteroatoms. The lowest BCUT2D eigenvalue weighted by Gasteiger charge is -2.03. The molecule has 0 atom stereocenters. The molecule has 1 N–H and O–H groups in total. The molecule has 104 valence electrons. The van der Waals surface area contributed by atoms with Crippen LogP contribution < -0.4 is 11.0 Å². The molecule has 1 fully saturated rings. The molecule has 1 aliphatic rings. The van der Waals surface area contributed by atoms with Crippen molar-refractivity contribution in [3.63, 3.8) is 0 Å². The Kier molecular flexibility index (Phi) is 3.14. The monoisotopic (exact) mass is 272 g/mol. The number of aromatic nitrogens is 3. The summed E-state index contributed by atoms with van der Waals surface area (Å²) in [5.41, 5.74) is 0.532. The highest BCUT2D eigenvalue weighted by Crippen LogP contribution is 2.39. The van der Waals surface area contributed by atoms with Crippen LogP contribution >= 0.6 is 0 Å². The van der Waals surface area contributed by atoms with Crippen molar-refractivity contribution in [3.8, 4) is 5.69 Å². The van der Waals surface area contributed by atoms with E-state index < -0.39 is 0 Å². The van der Waals surface area contributed by atoms with E-state index in [1.165, 1.54) is 4.68 Å². The molecule has 0 saturated heterocycles. The van der Waals surface area contributed by atoms with E-state index in [4.69, 9.17) is 0 Å². The standard InChI is InChI=1S/C14H16N4O2/c1-15-12(19)9-17-14(20)18(11-5-3-2-4-6-11)13(16-17)10-7-8-10/h2-6,10H,7-9H2,1H3,(H,15,19). The fraction of sp³-hybridized carbons (Fsp3) is 0.357. The highest BCUT2D eigenvalue weighted by molar-refractivity contribution is 5.75. The molecule has 1 heterocycles. The third kappa shape index (κ3) is 2.24. The summed E-state index contributed by atoms with van der Waals surface area (Å²) in [5, 5.41) is 6.85. The lowest BCUT2D eigenvalue weighted by atomic mass is 10.3. The molecule has 1 aromatic carbocycles. The second-order valence-electron chi connectivity index (χ2n) is 4.92. The van der Waals surface area contributed by atoms with Gasteiger partial charge in [0.2, 0.25) is 5.91 Å². The zero-order valence-corrected chi connectivity index (χ0v) is 11.2. The van der Waals surface area contributed by atoms with E-state index in [1.54, 1.807) is 11.6 Å². The van der Waals surface area contributed by atoms with Crippen molar-refractivity contribution in [1.82, 2.24) is 19.7 Å². The summed E-state index contributed by atoms with van der Waals surface area (Å²) < 4.78 is 2.85. The van der Waals surface area contributed by atoms with Gasteiger partial charge in [0.25, 0.3) is 0 Å². The maximum absolute atomic E-state index is 12.5. The number of hydrogen-bond donors (Lipinski definition) is 1. The summed E-state index contributed by atoms with van der Waals surface area (Å²) >= 11 is 0. The van der Waals surface area contributed by atoms with Crippen LogP contribution in [0.5, 0.6) is 0 Å². The molecule has 0 radical (unpaired) electrons. The summed E-state index contributed by atoms with van der Waals surface area (Å²) in [4.78, 5) is 23.9. The average molecular weight is 272 g/mol. The quantitative estimate of drug-likeness (QED) is 0.889. The molecule has 0 unspecified atom stereocenters. The number of rotatable bonds is 4. The van der Waals surface area contributed by atoms with Gasteiger partial charge in [-0.15, -0.1) is 0 Å². The molecule has 0 aliphatic heterocycles. The van der Waals surface area contributed by atoms with Crippen LogP contribution in [0.15, 0.2) is 35.1 Å². The molecule has 1 aromatic heterocycles. The maximum atomic E-state index is 12.5. The number of carbonyl (C=O) groups excluding carboxylic acids is 1. The van der Waals surface area contributed by atoms with Crippen molar-refractivity contribution in [2.45, 2.75) is 25.3 Å². The molecular formula is C14H16N4O2. The van der Waals surface area contributed by atoms with Gasteiger partial charge in [-0.2, -0.15) is 5.10 Å². The SMILES string of the molecule is CNC(=O)Cn1nc(C2CC2)n(-c2ccccc2)c1=O. The second kappa shape index (κ2) is 4.96. The number of nitrogens with zero attached hydrogens (tertiary/aromatic N) is 3. The van der Waals surface area contributed by atoms with Gasteiger partial charge in [-0.1, -0.05) is 18.2 Å². The third-order valence-electron chi connectivity index (χ3n) is 3.39. The highest BCUT2D eigenvalue weighted by Gasteiger charge is 2.31. The molecule has 3 rings (SSSR count). The van der Waals surface area contributed by atoms with Crippen LogP contribution in [0, 0.1) is 0 Å². The van der Waals surface area contributed by atoms with Crippen LogP contribution in [0.4, 0.5) is 0 Å². The number of amides is 1. The van der Waals surface area contributed by atoms with E-state index in [0.717, 1.165) is 24.4 Å². The lowest BCUT2D eigenvalue weighted by molar-refractivity contribution is -0.121. The third-order valence-corrected chi connectivity index (χ3v) is 3.39. The zero-order valence-electron chi connectivity index (χ0n) is 11.2. The van der Waals surface area contributed by atoms with Crippen LogP contribution in [-0.4, -0.2) is 27.3 Å². The number of likely N-dealkylation sites (N-methyl/N-ethyl adjacent to an activating group) is 1. The van der Waals surface area contributed by atoms with Gasteiger partial charge in [0.1, 0.15) is 12.4 Å². The molecule has 1 amide bonds. The van der Waals surface area contributed by atoms with Crippen molar-refractivity contribution in [2.75, 3.05) is 7.05 Å². The maximum Gasteiger partial charge on any atom is 0.351 e. The van der Waals surface area contributed by atoms with E-state index in [0.29, 0.717) is 5.92 Å². The van der Waals surface area contributed by atoms with Gasteiger partial charge in [-0.25, -0.2) is 14.0 Å². The normalized spacial score (nSPS) is 14.2. The van der Waals surface area contributed by atoms with Crippen LogP contribution in [0.25, 0.3) is 5.69 Å². The number of para-hydroxylation sites is 1. The molecular weight excluding hydrogens is 256 g/mol. The van der Waals surface area contributed by atoms with Gasteiger partial charge >= 0.3 is 5.69 Å². The Labute approximate surface area is 116 Å².